The topological polar surface area (TPSA) is 146 Å². The summed E-state index contributed by atoms with van der Waals surface area (Å²) < 4.78 is 44.9. The van der Waals surface area contributed by atoms with Gasteiger partial charge in [-0.05, 0) is 44.4 Å². The Hall–Kier alpha value is -3.39. The highest BCUT2D eigenvalue weighted by atomic mass is 32.1. The molecule has 2 rings (SSSR count). The van der Waals surface area contributed by atoms with Gasteiger partial charge in [0, 0.05) is 24.9 Å². The summed E-state index contributed by atoms with van der Waals surface area (Å²) in [7, 11) is 0. The molecule has 0 saturated heterocycles. The average molecular weight is 519 g/mol. The fraction of sp³-hybridized carbons (Fsp3) is 0.429. The molecule has 0 aliphatic carbocycles. The number of allylic oxidation sites excluding steroid dienone is 1. The number of hydrogen-bond acceptors (Lipinski definition) is 10. The highest BCUT2D eigenvalue weighted by molar-refractivity contribution is 7.15. The molecule has 0 aliphatic heterocycles. The molecule has 0 bridgehead atoms. The number of halogens is 3. The number of hydrazine groups is 1. The molecule has 1 amide bonds. The van der Waals surface area contributed by atoms with Gasteiger partial charge in [-0.1, -0.05) is 23.5 Å². The smallest absolute Gasteiger partial charge is 0.468 e. The molecule has 0 radical (unpaired) electrons. The fourth-order valence-corrected chi connectivity index (χ4v) is 3.37. The van der Waals surface area contributed by atoms with E-state index in [4.69, 9.17) is 11.6 Å². The first-order valence-electron chi connectivity index (χ1n) is 10.5. The van der Waals surface area contributed by atoms with Crippen molar-refractivity contribution in [3.05, 3.63) is 46.7 Å². The van der Waals surface area contributed by atoms with Gasteiger partial charge in [0.15, 0.2) is 0 Å². The second-order valence-electron chi connectivity index (χ2n) is 7.04. The zero-order chi connectivity index (χ0) is 26.3. The van der Waals surface area contributed by atoms with Crippen molar-refractivity contribution in [3.8, 4) is 5.75 Å². The van der Waals surface area contributed by atoms with Crippen LogP contribution in [0.15, 0.2) is 36.2 Å². The van der Waals surface area contributed by atoms with Crippen molar-refractivity contribution in [1.82, 2.24) is 15.2 Å². The Kier molecular flexibility index (Phi) is 13.1. The van der Waals surface area contributed by atoms with E-state index in [1.54, 1.807) is 20.0 Å². The minimum Gasteiger partial charge on any atom is -0.468 e. The Bertz CT molecular complexity index is 951. The Labute approximate surface area is 205 Å². The maximum Gasteiger partial charge on any atom is 0.573 e. The molecule has 0 atom stereocenters. The van der Waals surface area contributed by atoms with Crippen molar-refractivity contribution in [3.63, 3.8) is 0 Å². The lowest BCUT2D eigenvalue weighted by Gasteiger charge is -2.13. The largest absolute Gasteiger partial charge is 0.573 e. The van der Waals surface area contributed by atoms with Gasteiger partial charge in [0.05, 0.1) is 13.0 Å². The van der Waals surface area contributed by atoms with Crippen LogP contribution in [0.2, 0.25) is 0 Å². The van der Waals surface area contributed by atoms with Crippen molar-refractivity contribution >= 4 is 28.8 Å². The van der Waals surface area contributed by atoms with Gasteiger partial charge < -0.3 is 25.5 Å². The summed E-state index contributed by atoms with van der Waals surface area (Å²) in [6.45, 7) is 5.07. The van der Waals surface area contributed by atoms with Gasteiger partial charge in [0.1, 0.15) is 10.8 Å². The molecule has 0 unspecified atom stereocenters. The number of nitrogens with zero attached hydrogens (tertiary/aromatic N) is 3. The number of ether oxygens (including phenoxy) is 2. The van der Waals surface area contributed by atoms with Crippen molar-refractivity contribution < 1.29 is 32.2 Å². The first kappa shape index (κ1) is 29.6. The predicted octanol–water partition coefficient (Wildman–Crippen LogP) is 3.12. The molecule has 0 aliphatic rings. The minimum absolute atomic E-state index is 0.121. The third-order valence-corrected chi connectivity index (χ3v) is 4.77. The van der Waals surface area contributed by atoms with Gasteiger partial charge in [-0.25, -0.2) is 5.84 Å². The summed E-state index contributed by atoms with van der Waals surface area (Å²) >= 11 is 1.25. The molecule has 35 heavy (non-hydrogen) atoms. The lowest BCUT2D eigenvalue weighted by molar-refractivity contribution is -0.274. The van der Waals surface area contributed by atoms with Gasteiger partial charge in [-0.3, -0.25) is 9.59 Å². The van der Waals surface area contributed by atoms with E-state index in [1.165, 1.54) is 40.6 Å². The van der Waals surface area contributed by atoms with Crippen LogP contribution in [0.4, 0.5) is 18.3 Å². The number of carbonyl (C=O) groups is 2. The standard InChI is InChI=1S/C18H23F3N6O2S.C3H6O2/c1-12(22)11-27(23)8-3-2-7-16-25-26-17(30-16)24-15(28)10-13-5-4-6-14(9-13)29-18(19,20)21;1-2-5-3-4/h4-6,9,11H,2-3,7-8,10,22-23H2,1H3,(H,24,26,28);3H,2H2,1H3/b12-11-;. The first-order chi connectivity index (χ1) is 16.5. The van der Waals surface area contributed by atoms with E-state index in [1.807, 2.05) is 0 Å². The van der Waals surface area contributed by atoms with Crippen LogP contribution >= 0.6 is 11.3 Å². The molecule has 0 saturated carbocycles. The molecule has 194 valence electrons. The Morgan fingerprint density at radius 1 is 1.29 bits per heavy atom. The lowest BCUT2D eigenvalue weighted by Crippen LogP contribution is -2.27. The number of hydrogen-bond donors (Lipinski definition) is 3. The Balaban J connectivity index is 0.00000111. The van der Waals surface area contributed by atoms with Gasteiger partial charge in [-0.15, -0.1) is 23.4 Å². The zero-order valence-corrected chi connectivity index (χ0v) is 20.2. The number of aryl methyl sites for hydroxylation is 1. The second-order valence-corrected chi connectivity index (χ2v) is 8.10. The van der Waals surface area contributed by atoms with E-state index < -0.39 is 12.3 Å². The second kappa shape index (κ2) is 15.5. The molecule has 1 heterocycles. The van der Waals surface area contributed by atoms with Crippen LogP contribution in [-0.2, 0) is 27.2 Å². The number of carbonyl (C=O) groups excluding carboxylic acids is 2. The third-order valence-electron chi connectivity index (χ3n) is 3.87. The monoisotopic (exact) mass is 518 g/mol. The van der Waals surface area contributed by atoms with Gasteiger partial charge in [0.2, 0.25) is 11.0 Å². The van der Waals surface area contributed by atoms with Crippen molar-refractivity contribution in [2.45, 2.75) is 45.9 Å². The minimum atomic E-state index is -4.79. The number of nitrogens with one attached hydrogen (secondary N) is 1. The SMILES string of the molecule is C/C(N)=C/N(N)CCCCc1nnc(NC(=O)Cc2cccc(OC(F)(F)F)c2)s1.CCOC=O. The van der Waals surface area contributed by atoms with E-state index >= 15 is 0 Å². The summed E-state index contributed by atoms with van der Waals surface area (Å²) in [5.74, 6) is 4.97. The highest BCUT2D eigenvalue weighted by Crippen LogP contribution is 2.24. The van der Waals surface area contributed by atoms with E-state index in [0.717, 1.165) is 17.8 Å². The fourth-order valence-electron chi connectivity index (χ4n) is 2.57. The van der Waals surface area contributed by atoms with Crippen LogP contribution in [0.1, 0.15) is 37.3 Å². The number of nitrogens with two attached hydrogens (primary N) is 2. The van der Waals surface area contributed by atoms with Crippen molar-refractivity contribution in [1.29, 1.82) is 0 Å². The van der Waals surface area contributed by atoms with Crippen LogP contribution < -0.4 is 21.6 Å². The Morgan fingerprint density at radius 2 is 2.03 bits per heavy atom. The third kappa shape index (κ3) is 14.5. The lowest BCUT2D eigenvalue weighted by atomic mass is 10.1. The van der Waals surface area contributed by atoms with Crippen LogP contribution in [0.3, 0.4) is 0 Å². The van der Waals surface area contributed by atoms with Crippen LogP contribution in [0.25, 0.3) is 0 Å². The molecule has 0 spiro atoms. The summed E-state index contributed by atoms with van der Waals surface area (Å²) in [4.78, 5) is 21.3. The maximum atomic E-state index is 12.3. The summed E-state index contributed by atoms with van der Waals surface area (Å²) in [6, 6.07) is 5.26. The quantitative estimate of drug-likeness (QED) is 0.167. The molecule has 5 N–H and O–H groups in total. The number of aromatic nitrogens is 2. The van der Waals surface area contributed by atoms with Gasteiger partial charge in [0.25, 0.3) is 6.47 Å². The summed E-state index contributed by atoms with van der Waals surface area (Å²) in [5.41, 5.74) is 6.56. The summed E-state index contributed by atoms with van der Waals surface area (Å²) in [5, 5.41) is 13.2. The molecule has 10 nitrogen and oxygen atoms in total. The molecule has 2 aromatic rings. The number of benzene rings is 1. The molecule has 1 aromatic carbocycles. The number of alkyl halides is 3. The van der Waals surface area contributed by atoms with Gasteiger partial charge >= 0.3 is 6.36 Å². The predicted molar refractivity (Wildman–Crippen MR) is 125 cm³/mol. The molecule has 14 heteroatoms. The molecule has 1 aromatic heterocycles. The van der Waals surface area contributed by atoms with Crippen molar-refractivity contribution in [2.24, 2.45) is 11.6 Å². The maximum absolute atomic E-state index is 12.3. The molecule has 0 fully saturated rings. The number of amides is 1. The van der Waals surface area contributed by atoms with E-state index in [-0.39, 0.29) is 12.2 Å². The van der Waals surface area contributed by atoms with Crippen LogP contribution in [0, 0.1) is 0 Å². The first-order valence-corrected chi connectivity index (χ1v) is 11.3. The molecular weight excluding hydrogens is 489 g/mol. The van der Waals surface area contributed by atoms with E-state index in [0.29, 0.717) is 42.4 Å². The number of rotatable bonds is 12. The van der Waals surface area contributed by atoms with Crippen LogP contribution in [0.5, 0.6) is 5.75 Å². The zero-order valence-electron chi connectivity index (χ0n) is 19.4. The molecular formula is C21H29F3N6O4S. The number of unbranched alkanes of at least 4 members (excludes halogenated alkanes) is 1. The highest BCUT2D eigenvalue weighted by Gasteiger charge is 2.31. The van der Waals surface area contributed by atoms with E-state index in [9.17, 15) is 22.8 Å². The normalized spacial score (nSPS) is 11.2. The van der Waals surface area contributed by atoms with Crippen LogP contribution in [-0.4, -0.2) is 47.1 Å². The average Bonchev–Trinajstić information content (AvgIpc) is 3.17. The Morgan fingerprint density at radius 3 is 2.63 bits per heavy atom. The number of anilines is 1. The summed E-state index contributed by atoms with van der Waals surface area (Å²) in [6.07, 6.45) is -0.901. The van der Waals surface area contributed by atoms with E-state index in [2.05, 4.69) is 25.0 Å². The van der Waals surface area contributed by atoms with Gasteiger partial charge in [-0.2, -0.15) is 0 Å². The van der Waals surface area contributed by atoms with Crippen molar-refractivity contribution in [2.75, 3.05) is 18.5 Å².